The predicted molar refractivity (Wildman–Crippen MR) is 287 cm³/mol. The summed E-state index contributed by atoms with van der Waals surface area (Å²) in [5.41, 5.74) is 0. The van der Waals surface area contributed by atoms with E-state index in [1.54, 1.807) is 7.05 Å². The maximum absolute atomic E-state index is 12.5. The lowest BCUT2D eigenvalue weighted by Gasteiger charge is -2.18. The number of hydrogen-bond acceptors (Lipinski definition) is 16. The van der Waals surface area contributed by atoms with Gasteiger partial charge in [-0.05, 0) is 65.3 Å². The van der Waals surface area contributed by atoms with Crippen molar-refractivity contribution < 1.29 is 87.3 Å². The Hall–Kier alpha value is -5.34. The molecule has 4 atom stereocenters. The minimum atomic E-state index is -1.31. The fourth-order valence-corrected chi connectivity index (χ4v) is 7.84. The highest BCUT2D eigenvalue weighted by Crippen LogP contribution is 2.14. The van der Waals surface area contributed by atoms with Gasteiger partial charge in [-0.3, -0.25) is 38.4 Å². The third kappa shape index (κ3) is 45.7. The molecule has 0 fully saturated rings. The van der Waals surface area contributed by atoms with E-state index >= 15 is 0 Å². The molecule has 6 amide bonds. The maximum Gasteiger partial charge on any atom is 0.326 e. The highest BCUT2D eigenvalue weighted by molar-refractivity contribution is 5.85. The van der Waals surface area contributed by atoms with Crippen molar-refractivity contribution in [2.24, 2.45) is 0 Å². The molecule has 0 rings (SSSR count). The van der Waals surface area contributed by atoms with E-state index in [1.165, 1.54) is 39.0 Å². The number of aliphatic hydroxyl groups is 1. The van der Waals surface area contributed by atoms with Gasteiger partial charge in [0.05, 0.1) is 58.3 Å². The zero-order chi connectivity index (χ0) is 58.0. The lowest BCUT2D eigenvalue weighted by Crippen LogP contribution is -2.43. The number of ether oxygens (including phenoxy) is 4. The van der Waals surface area contributed by atoms with Gasteiger partial charge in [-0.25, -0.2) is 9.59 Å². The number of amides is 6. The van der Waals surface area contributed by atoms with Crippen molar-refractivity contribution >= 4 is 59.1 Å². The molecular formula is C53H95N7O18. The lowest BCUT2D eigenvalue weighted by molar-refractivity contribution is -0.142. The summed E-state index contributed by atoms with van der Waals surface area (Å²) in [7, 11) is 1.70. The first-order valence-electron chi connectivity index (χ1n) is 27.9. The number of carbonyl (C=O) groups is 10. The van der Waals surface area contributed by atoms with Crippen molar-refractivity contribution in [3.63, 3.8) is 0 Å². The highest BCUT2D eigenvalue weighted by atomic mass is 16.5. The largest absolute Gasteiger partial charge is 0.481 e. The van der Waals surface area contributed by atoms with Gasteiger partial charge in [0, 0.05) is 51.7 Å². The van der Waals surface area contributed by atoms with Gasteiger partial charge < -0.3 is 76.6 Å². The van der Waals surface area contributed by atoms with Crippen LogP contribution < -0.4 is 37.2 Å². The van der Waals surface area contributed by atoms with Crippen LogP contribution in [0.15, 0.2) is 0 Å². The molecule has 450 valence electrons. The Morgan fingerprint density at radius 2 is 0.795 bits per heavy atom. The Balaban J connectivity index is 3.90. The number of likely N-dealkylation sites (N-methyl/N-ethyl adjacent to an activating group) is 1. The predicted octanol–water partition coefficient (Wildman–Crippen LogP) is 2.03. The molecule has 0 heterocycles. The van der Waals surface area contributed by atoms with E-state index in [-0.39, 0.29) is 153 Å². The quantitative estimate of drug-likeness (QED) is 0.0388. The molecular weight excluding hydrogens is 1020 g/mol. The molecule has 0 aromatic rings. The molecule has 0 aromatic carbocycles. The van der Waals surface area contributed by atoms with Gasteiger partial charge in [-0.1, -0.05) is 77.0 Å². The Kier molecular flexibility index (Phi) is 46.5. The molecule has 0 aliphatic carbocycles. The number of hydrogen-bond donors (Lipinski definition) is 11. The van der Waals surface area contributed by atoms with Crippen molar-refractivity contribution in [1.29, 1.82) is 0 Å². The molecule has 0 bridgehead atoms. The van der Waals surface area contributed by atoms with E-state index in [9.17, 15) is 63.3 Å². The van der Waals surface area contributed by atoms with Crippen molar-refractivity contribution in [1.82, 2.24) is 37.2 Å². The van der Waals surface area contributed by atoms with Crippen molar-refractivity contribution in [3.8, 4) is 0 Å². The van der Waals surface area contributed by atoms with E-state index in [4.69, 9.17) is 24.1 Å². The zero-order valence-electron chi connectivity index (χ0n) is 46.5. The summed E-state index contributed by atoms with van der Waals surface area (Å²) in [6, 6.07) is -3.53. The number of nitrogens with one attached hydrogen (secondary N) is 7. The summed E-state index contributed by atoms with van der Waals surface area (Å²) in [5.74, 6) is -5.89. The third-order valence-electron chi connectivity index (χ3n) is 12.4. The van der Waals surface area contributed by atoms with Crippen LogP contribution in [-0.4, -0.2) is 190 Å². The van der Waals surface area contributed by atoms with E-state index in [1.807, 2.05) is 0 Å². The van der Waals surface area contributed by atoms with Gasteiger partial charge in [0.15, 0.2) is 0 Å². The SMILES string of the molecule is CN[C@@H](CCCCNC(=O)CC[C@H](NC(=O)CC[C@@H](CO)NC(=O)COCCOCCNC(=O)COCCOCCNC(=O)CC[C@H](NC(=O)CCCCCCCCCCCCCCCCC(=O)O)C(=O)O)C(=O)O)C(C)=O. The van der Waals surface area contributed by atoms with Crippen LogP contribution in [0.4, 0.5) is 0 Å². The second-order valence-electron chi connectivity index (χ2n) is 19.2. The molecule has 25 heteroatoms. The molecule has 78 heavy (non-hydrogen) atoms. The van der Waals surface area contributed by atoms with Crippen LogP contribution in [0.5, 0.6) is 0 Å². The van der Waals surface area contributed by atoms with E-state index in [0.29, 0.717) is 32.2 Å². The average Bonchev–Trinajstić information content (AvgIpc) is 3.39. The fraction of sp³-hybridized carbons (Fsp3) is 0.811. The molecule has 0 saturated carbocycles. The number of carboxylic acid groups (broad SMARTS) is 3. The number of rotatable bonds is 55. The molecule has 0 radical (unpaired) electrons. The van der Waals surface area contributed by atoms with Crippen LogP contribution in [-0.2, 0) is 66.9 Å². The van der Waals surface area contributed by atoms with Crippen LogP contribution in [0, 0.1) is 0 Å². The number of unbranched alkanes of at least 4 members (excludes halogenated alkanes) is 14. The van der Waals surface area contributed by atoms with Crippen LogP contribution in [0.3, 0.4) is 0 Å². The van der Waals surface area contributed by atoms with Crippen molar-refractivity contribution in [2.75, 3.05) is 86.1 Å². The molecule has 0 aromatic heterocycles. The second kappa shape index (κ2) is 49.9. The number of aliphatic carboxylic acids is 3. The first-order valence-corrected chi connectivity index (χ1v) is 27.9. The summed E-state index contributed by atoms with van der Waals surface area (Å²) < 4.78 is 21.3. The Bertz CT molecular complexity index is 1710. The highest BCUT2D eigenvalue weighted by Gasteiger charge is 2.23. The Labute approximate surface area is 460 Å². The van der Waals surface area contributed by atoms with Gasteiger partial charge in [-0.2, -0.15) is 0 Å². The van der Waals surface area contributed by atoms with Crippen LogP contribution >= 0.6 is 0 Å². The molecule has 0 aliphatic heterocycles. The topological polar surface area (TPSA) is 373 Å². The Morgan fingerprint density at radius 3 is 1.24 bits per heavy atom. The van der Waals surface area contributed by atoms with Gasteiger partial charge >= 0.3 is 17.9 Å². The number of carboxylic acids is 3. The summed E-state index contributed by atoms with van der Waals surface area (Å²) >= 11 is 0. The monoisotopic (exact) mass is 1120 g/mol. The normalized spacial score (nSPS) is 12.6. The summed E-state index contributed by atoms with van der Waals surface area (Å²) in [6.07, 6.45) is 16.7. The standard InChI is InChI=1S/C53H95N7O18/c1-40(62)42(54-2)19-17-18-28-55-45(63)26-23-44(53(73)74)60-48(66)25-22-41(37-61)58-50(68)39-78-36-34-76-32-30-57-49(67)38-77-35-33-75-31-29-56-46(64)27-24-43(52(71)72)59-47(65)20-15-13-11-9-7-5-3-4-6-8-10-12-14-16-21-51(69)70/h41-44,54,61H,3-39H2,1-2H3,(H,55,63)(H,56,64)(H,57,67)(H,58,68)(H,59,65)(H,60,66)(H,69,70)(H,71,72)(H,73,74)/t41-,42-,43-,44-/m0/s1. The molecule has 11 N–H and O–H groups in total. The second-order valence-corrected chi connectivity index (χ2v) is 19.2. The van der Waals surface area contributed by atoms with Gasteiger partial charge in [0.1, 0.15) is 31.1 Å². The first-order chi connectivity index (χ1) is 37.5. The number of carbonyl (C=O) groups excluding carboxylic acids is 7. The molecule has 0 unspecified atom stereocenters. The summed E-state index contributed by atoms with van der Waals surface area (Å²) in [6.45, 7) is 1.89. The van der Waals surface area contributed by atoms with Crippen LogP contribution in [0.2, 0.25) is 0 Å². The van der Waals surface area contributed by atoms with E-state index in [0.717, 1.165) is 51.4 Å². The fourth-order valence-electron chi connectivity index (χ4n) is 7.84. The van der Waals surface area contributed by atoms with Crippen LogP contribution in [0.1, 0.15) is 167 Å². The zero-order valence-corrected chi connectivity index (χ0v) is 46.5. The molecule has 0 aliphatic rings. The Morgan fingerprint density at radius 1 is 0.385 bits per heavy atom. The van der Waals surface area contributed by atoms with Crippen molar-refractivity contribution in [3.05, 3.63) is 0 Å². The maximum atomic E-state index is 12.5. The minimum Gasteiger partial charge on any atom is -0.481 e. The van der Waals surface area contributed by atoms with Crippen LogP contribution in [0.25, 0.3) is 0 Å². The average molecular weight is 1120 g/mol. The number of ketones is 1. The van der Waals surface area contributed by atoms with Gasteiger partial charge in [0.2, 0.25) is 35.4 Å². The van der Waals surface area contributed by atoms with E-state index < -0.39 is 54.5 Å². The van der Waals surface area contributed by atoms with Gasteiger partial charge in [-0.15, -0.1) is 0 Å². The van der Waals surface area contributed by atoms with Crippen molar-refractivity contribution in [2.45, 2.75) is 192 Å². The smallest absolute Gasteiger partial charge is 0.326 e. The number of Topliss-reactive ketones (excluding diaryl/α,β-unsaturated/α-hetero) is 1. The molecule has 25 nitrogen and oxygen atoms in total. The summed E-state index contributed by atoms with van der Waals surface area (Å²) in [4.78, 5) is 119. The molecule has 0 saturated heterocycles. The summed E-state index contributed by atoms with van der Waals surface area (Å²) in [5, 5.41) is 55.7. The van der Waals surface area contributed by atoms with E-state index in [2.05, 4.69) is 37.2 Å². The first kappa shape index (κ1) is 72.7. The molecule has 0 spiro atoms. The number of aliphatic hydroxyl groups excluding tert-OH is 1. The lowest BCUT2D eigenvalue weighted by atomic mass is 10.0. The van der Waals surface area contributed by atoms with Gasteiger partial charge in [0.25, 0.3) is 0 Å². The third-order valence-corrected chi connectivity index (χ3v) is 12.4. The minimum absolute atomic E-state index is 0.00774.